The smallest absolute Gasteiger partial charge is 0.422 e. The van der Waals surface area contributed by atoms with Gasteiger partial charge in [0.25, 0.3) is 11.8 Å². The molecule has 0 aliphatic heterocycles. The number of aromatic nitrogens is 2. The van der Waals surface area contributed by atoms with Gasteiger partial charge in [0.05, 0.1) is 0 Å². The second-order valence-corrected chi connectivity index (χ2v) is 6.21. The first-order chi connectivity index (χ1) is 13.6. The molecular formula is C19H19F4N3O3. The highest BCUT2D eigenvalue weighted by atomic mass is 19.4. The van der Waals surface area contributed by atoms with E-state index in [0.717, 1.165) is 6.07 Å². The van der Waals surface area contributed by atoms with Crippen LogP contribution in [0.15, 0.2) is 24.4 Å². The fraction of sp³-hybridized carbons (Fsp3) is 0.368. The maximum Gasteiger partial charge on any atom is 0.422 e. The normalized spacial score (nSPS) is 11.2. The Morgan fingerprint density at radius 3 is 2.62 bits per heavy atom. The van der Waals surface area contributed by atoms with Gasteiger partial charge in [-0.05, 0) is 30.7 Å². The van der Waals surface area contributed by atoms with Crippen LogP contribution >= 0.6 is 0 Å². The third-order valence-electron chi connectivity index (χ3n) is 3.90. The average Bonchev–Trinajstić information content (AvgIpc) is 2.66. The quantitative estimate of drug-likeness (QED) is 0.672. The van der Waals surface area contributed by atoms with E-state index < -0.39 is 30.4 Å². The molecule has 0 spiro atoms. The lowest BCUT2D eigenvalue weighted by molar-refractivity contribution is -0.154. The van der Waals surface area contributed by atoms with Crippen LogP contribution < -0.4 is 10.1 Å². The largest absolute Gasteiger partial charge is 0.466 e. The van der Waals surface area contributed by atoms with E-state index in [1.807, 2.05) is 0 Å². The number of pyridine rings is 2. The Hall–Kier alpha value is -3.04. The Kier molecular flexibility index (Phi) is 7.24. The molecule has 0 aromatic carbocycles. The van der Waals surface area contributed by atoms with Crippen molar-refractivity contribution in [2.75, 3.05) is 6.61 Å². The Bertz CT molecular complexity index is 901. The van der Waals surface area contributed by atoms with E-state index in [2.05, 4.69) is 20.0 Å². The fourth-order valence-electron chi connectivity index (χ4n) is 2.35. The molecule has 1 N–H and O–H groups in total. The number of ketones is 1. The van der Waals surface area contributed by atoms with Crippen LogP contribution in [-0.4, -0.2) is 34.4 Å². The second kappa shape index (κ2) is 9.44. The fourth-order valence-corrected chi connectivity index (χ4v) is 2.35. The van der Waals surface area contributed by atoms with E-state index in [1.54, 1.807) is 6.92 Å². The summed E-state index contributed by atoms with van der Waals surface area (Å²) in [4.78, 5) is 31.6. The van der Waals surface area contributed by atoms with Gasteiger partial charge in [0.1, 0.15) is 5.78 Å². The van der Waals surface area contributed by atoms with Gasteiger partial charge in [-0.25, -0.2) is 9.37 Å². The molecule has 10 heteroatoms. The molecule has 0 fully saturated rings. The van der Waals surface area contributed by atoms with Crippen molar-refractivity contribution < 1.29 is 31.9 Å². The number of halogens is 4. The first kappa shape index (κ1) is 22.3. The number of aryl methyl sites for hydroxylation is 1. The first-order valence-electron chi connectivity index (χ1n) is 8.69. The average molecular weight is 413 g/mol. The number of nitrogens with one attached hydrogen (secondary N) is 1. The van der Waals surface area contributed by atoms with Crippen LogP contribution in [0.4, 0.5) is 17.6 Å². The summed E-state index contributed by atoms with van der Waals surface area (Å²) in [5.74, 6) is -2.31. The zero-order valence-electron chi connectivity index (χ0n) is 15.8. The van der Waals surface area contributed by atoms with Crippen molar-refractivity contribution in [2.24, 2.45) is 0 Å². The van der Waals surface area contributed by atoms with Crippen molar-refractivity contribution in [1.29, 1.82) is 0 Å². The van der Waals surface area contributed by atoms with Crippen molar-refractivity contribution >= 4 is 11.7 Å². The highest BCUT2D eigenvalue weighted by molar-refractivity contribution is 5.94. The van der Waals surface area contributed by atoms with Crippen molar-refractivity contribution in [2.45, 2.75) is 39.4 Å². The van der Waals surface area contributed by atoms with Crippen LogP contribution in [0.25, 0.3) is 0 Å². The van der Waals surface area contributed by atoms with Crippen LogP contribution in [0.1, 0.15) is 40.7 Å². The number of hydrogen-bond acceptors (Lipinski definition) is 5. The van der Waals surface area contributed by atoms with Gasteiger partial charge in [0.2, 0.25) is 0 Å². The number of amides is 1. The summed E-state index contributed by atoms with van der Waals surface area (Å²) in [6.07, 6.45) is -2.73. The Balaban J connectivity index is 2.04. The number of carbonyl (C=O) groups excluding carboxylic acids is 2. The van der Waals surface area contributed by atoms with E-state index >= 15 is 0 Å². The van der Waals surface area contributed by atoms with Crippen molar-refractivity contribution in [3.8, 4) is 5.88 Å². The predicted molar refractivity (Wildman–Crippen MR) is 94.9 cm³/mol. The van der Waals surface area contributed by atoms with Crippen LogP contribution in [0, 0.1) is 12.7 Å². The van der Waals surface area contributed by atoms with Crippen molar-refractivity contribution in [1.82, 2.24) is 15.3 Å². The molecule has 0 saturated heterocycles. The van der Waals surface area contributed by atoms with Gasteiger partial charge in [0.15, 0.2) is 12.4 Å². The molecule has 2 heterocycles. The molecular weight excluding hydrogens is 394 g/mol. The van der Waals surface area contributed by atoms with E-state index in [4.69, 9.17) is 0 Å². The summed E-state index contributed by atoms with van der Waals surface area (Å²) < 4.78 is 54.9. The Morgan fingerprint density at radius 1 is 1.24 bits per heavy atom. The summed E-state index contributed by atoms with van der Waals surface area (Å²) in [7, 11) is 0. The molecule has 0 unspecified atom stereocenters. The maximum atomic E-state index is 14.0. The molecule has 2 aromatic rings. The molecule has 0 atom stereocenters. The van der Waals surface area contributed by atoms with E-state index in [-0.39, 0.29) is 35.6 Å². The molecule has 29 heavy (non-hydrogen) atoms. The van der Waals surface area contributed by atoms with Crippen LogP contribution in [0.5, 0.6) is 5.88 Å². The predicted octanol–water partition coefficient (Wildman–Crippen LogP) is 3.32. The third-order valence-corrected chi connectivity index (χ3v) is 3.90. The Labute approximate surface area is 164 Å². The van der Waals surface area contributed by atoms with Gasteiger partial charge in [-0.3, -0.25) is 14.6 Å². The van der Waals surface area contributed by atoms with Crippen molar-refractivity contribution in [3.63, 3.8) is 0 Å². The number of nitrogens with zero attached hydrogens (tertiary/aromatic N) is 2. The Morgan fingerprint density at radius 2 is 1.97 bits per heavy atom. The molecule has 2 rings (SSSR count). The number of alkyl halides is 3. The zero-order valence-corrected chi connectivity index (χ0v) is 15.8. The van der Waals surface area contributed by atoms with Crippen LogP contribution in [0.2, 0.25) is 0 Å². The van der Waals surface area contributed by atoms with Gasteiger partial charge in [-0.15, -0.1) is 0 Å². The number of ether oxygens (including phenoxy) is 1. The van der Waals surface area contributed by atoms with Gasteiger partial charge in [0, 0.05) is 42.5 Å². The molecule has 156 valence electrons. The summed E-state index contributed by atoms with van der Waals surface area (Å²) in [6, 6.07) is 3.92. The van der Waals surface area contributed by atoms with E-state index in [0.29, 0.717) is 12.1 Å². The molecule has 0 radical (unpaired) electrons. The molecule has 1 amide bonds. The van der Waals surface area contributed by atoms with Gasteiger partial charge >= 0.3 is 6.18 Å². The van der Waals surface area contributed by atoms with Crippen LogP contribution in [-0.2, 0) is 17.8 Å². The highest BCUT2D eigenvalue weighted by Gasteiger charge is 2.29. The SMILES string of the molecule is CCC(=O)Cc1cc(C(=O)NCc2cc(F)c(OCC(F)(F)F)nc2C)ccn1. The van der Waals surface area contributed by atoms with E-state index in [9.17, 15) is 27.2 Å². The molecule has 6 nitrogen and oxygen atoms in total. The summed E-state index contributed by atoms with van der Waals surface area (Å²) >= 11 is 0. The minimum absolute atomic E-state index is 0.0138. The highest BCUT2D eigenvalue weighted by Crippen LogP contribution is 2.21. The minimum atomic E-state index is -4.61. The molecule has 0 bridgehead atoms. The lowest BCUT2D eigenvalue weighted by Crippen LogP contribution is -2.24. The second-order valence-electron chi connectivity index (χ2n) is 6.21. The number of hydrogen-bond donors (Lipinski definition) is 1. The molecule has 0 saturated carbocycles. The summed E-state index contributed by atoms with van der Waals surface area (Å²) in [5, 5.41) is 2.57. The zero-order chi connectivity index (χ0) is 21.6. The van der Waals surface area contributed by atoms with Crippen molar-refractivity contribution in [3.05, 3.63) is 52.7 Å². The van der Waals surface area contributed by atoms with Gasteiger partial charge in [-0.1, -0.05) is 6.92 Å². The molecule has 0 aliphatic carbocycles. The number of carbonyl (C=O) groups is 2. The molecule has 2 aromatic heterocycles. The summed E-state index contributed by atoms with van der Waals surface area (Å²) in [5.41, 5.74) is 1.23. The third kappa shape index (κ3) is 6.81. The van der Waals surface area contributed by atoms with Gasteiger partial charge < -0.3 is 10.1 Å². The van der Waals surface area contributed by atoms with Gasteiger partial charge in [-0.2, -0.15) is 13.2 Å². The standard InChI is InChI=1S/C19H19F4N3O3/c1-3-15(27)8-14-6-12(4-5-24-14)17(28)25-9-13-7-16(20)18(26-11(13)2)29-10-19(21,22)23/h4-7H,3,8-10H2,1-2H3,(H,25,28). The minimum Gasteiger partial charge on any atom is -0.466 e. The van der Waals surface area contributed by atoms with E-state index in [1.165, 1.54) is 25.3 Å². The topological polar surface area (TPSA) is 81.2 Å². The van der Waals surface area contributed by atoms with Crippen LogP contribution in [0.3, 0.4) is 0 Å². The lowest BCUT2D eigenvalue weighted by Gasteiger charge is -2.12. The maximum absolute atomic E-state index is 14.0. The number of Topliss-reactive ketones (excluding diaryl/α,β-unsaturated/α-hetero) is 1. The lowest BCUT2D eigenvalue weighted by atomic mass is 10.1. The number of rotatable bonds is 8. The monoisotopic (exact) mass is 413 g/mol. The molecule has 0 aliphatic rings. The first-order valence-corrected chi connectivity index (χ1v) is 8.69. The summed E-state index contributed by atoms with van der Waals surface area (Å²) in [6.45, 7) is 1.44.